The number of methoxy groups -OCH3 is 1. The maximum absolute atomic E-state index is 13.1. The third-order valence-electron chi connectivity index (χ3n) is 5.84. The van der Waals surface area contributed by atoms with E-state index in [9.17, 15) is 14.4 Å². The quantitative estimate of drug-likeness (QED) is 0.673. The van der Waals surface area contributed by atoms with Crippen molar-refractivity contribution >= 4 is 34.1 Å². The van der Waals surface area contributed by atoms with Gasteiger partial charge >= 0.3 is 0 Å². The molecule has 2 aliphatic heterocycles. The van der Waals surface area contributed by atoms with Crippen LogP contribution in [0.25, 0.3) is 0 Å². The summed E-state index contributed by atoms with van der Waals surface area (Å²) in [6, 6.07) is 1.82. The summed E-state index contributed by atoms with van der Waals surface area (Å²) in [5, 5.41) is 4.90. The second-order valence-corrected chi connectivity index (χ2v) is 9.07. The van der Waals surface area contributed by atoms with Crippen LogP contribution < -0.4 is 4.90 Å². The van der Waals surface area contributed by atoms with E-state index in [2.05, 4.69) is 5.10 Å². The zero-order valence-electron chi connectivity index (χ0n) is 18.0. The minimum absolute atomic E-state index is 0.0265. The molecule has 0 saturated heterocycles. The molecule has 2 aromatic heterocycles. The van der Waals surface area contributed by atoms with Gasteiger partial charge in [0.05, 0.1) is 31.3 Å². The number of carbonyl (C=O) groups excluding carboxylic acids is 3. The number of aromatic nitrogens is 2. The van der Waals surface area contributed by atoms with Crippen molar-refractivity contribution < 1.29 is 19.1 Å². The highest BCUT2D eigenvalue weighted by Crippen LogP contribution is 2.41. The maximum Gasteiger partial charge on any atom is 0.257 e. The Morgan fingerprint density at radius 1 is 1.32 bits per heavy atom. The molecule has 1 unspecified atom stereocenters. The summed E-state index contributed by atoms with van der Waals surface area (Å²) in [6.07, 6.45) is 4.53. The molecule has 0 aliphatic carbocycles. The fraction of sp³-hybridized carbons (Fsp3) is 0.524. The summed E-state index contributed by atoms with van der Waals surface area (Å²) >= 11 is 1.45. The molecule has 3 amide bonds. The van der Waals surface area contributed by atoms with E-state index in [1.165, 1.54) is 16.2 Å². The summed E-state index contributed by atoms with van der Waals surface area (Å²) in [5.74, 6) is -0.188. The fourth-order valence-corrected chi connectivity index (χ4v) is 5.50. The van der Waals surface area contributed by atoms with Gasteiger partial charge in [0.15, 0.2) is 0 Å². The number of hydrogen-bond donors (Lipinski definition) is 0. The van der Waals surface area contributed by atoms with Crippen LogP contribution in [0.4, 0.5) is 5.00 Å². The van der Waals surface area contributed by atoms with Crippen molar-refractivity contribution in [2.24, 2.45) is 0 Å². The molecule has 0 N–H and O–H groups in total. The van der Waals surface area contributed by atoms with Gasteiger partial charge < -0.3 is 14.5 Å². The Bertz CT molecular complexity index is 986. The predicted octanol–water partition coefficient (Wildman–Crippen LogP) is 1.55. The second kappa shape index (κ2) is 8.80. The molecule has 0 saturated carbocycles. The molecule has 9 nitrogen and oxygen atoms in total. The lowest BCUT2D eigenvalue weighted by atomic mass is 10.0. The van der Waals surface area contributed by atoms with Crippen LogP contribution in [0.15, 0.2) is 18.5 Å². The fourth-order valence-electron chi connectivity index (χ4n) is 4.10. The largest absolute Gasteiger partial charge is 0.383 e. The number of thiophene rings is 1. The molecule has 4 heterocycles. The Hall–Kier alpha value is -2.72. The molecular weight excluding hydrogens is 418 g/mol. The van der Waals surface area contributed by atoms with Crippen molar-refractivity contribution in [1.82, 2.24) is 19.6 Å². The normalized spacial score (nSPS) is 17.5. The lowest BCUT2D eigenvalue weighted by Gasteiger charge is -2.28. The zero-order chi connectivity index (χ0) is 22.1. The molecule has 2 aromatic rings. The molecule has 0 fully saturated rings. The lowest BCUT2D eigenvalue weighted by molar-refractivity contribution is -0.132. The first kappa shape index (κ1) is 21.5. The van der Waals surface area contributed by atoms with E-state index in [4.69, 9.17) is 4.74 Å². The highest BCUT2D eigenvalue weighted by atomic mass is 32.1. The first-order valence-electron chi connectivity index (χ1n) is 10.4. The average molecular weight is 446 g/mol. The lowest BCUT2D eigenvalue weighted by Crippen LogP contribution is -2.39. The molecular formula is C21H27N5O4S. The molecule has 0 bridgehead atoms. The highest BCUT2D eigenvalue weighted by molar-refractivity contribution is 7.17. The summed E-state index contributed by atoms with van der Waals surface area (Å²) in [6.45, 7) is 3.83. The summed E-state index contributed by atoms with van der Waals surface area (Å²) in [7, 11) is 3.25. The standard InChI is InChI=1S/C21H27N5O4S/c1-14(26-7-4-6-22-26)11-17(27)24-8-5-15-16(12-24)31-21-19(15)20(29)23(2)13-18(28)25(21)9-10-30-3/h4,6-7,14H,5,8-13H2,1-3H3. The number of hydrogen-bond acceptors (Lipinski definition) is 6. The number of ether oxygens (including phenoxy) is 1. The van der Waals surface area contributed by atoms with Gasteiger partial charge in [-0.3, -0.25) is 24.0 Å². The number of nitrogens with zero attached hydrogens (tertiary/aromatic N) is 5. The number of likely N-dealkylation sites (N-methyl/N-ethyl adjacent to an activating group) is 1. The first-order valence-corrected chi connectivity index (χ1v) is 11.2. The van der Waals surface area contributed by atoms with Crippen molar-refractivity contribution in [3.05, 3.63) is 34.5 Å². The Morgan fingerprint density at radius 2 is 2.13 bits per heavy atom. The molecule has 10 heteroatoms. The van der Waals surface area contributed by atoms with Gasteiger partial charge in [0.25, 0.3) is 5.91 Å². The molecule has 4 rings (SSSR count). The molecule has 0 radical (unpaired) electrons. The van der Waals surface area contributed by atoms with E-state index in [0.29, 0.717) is 49.6 Å². The highest BCUT2D eigenvalue weighted by Gasteiger charge is 2.37. The van der Waals surface area contributed by atoms with Crippen molar-refractivity contribution in [2.75, 3.05) is 45.3 Å². The molecule has 0 aromatic carbocycles. The predicted molar refractivity (Wildman–Crippen MR) is 116 cm³/mol. The third-order valence-corrected chi connectivity index (χ3v) is 7.08. The zero-order valence-corrected chi connectivity index (χ0v) is 18.9. The van der Waals surface area contributed by atoms with Crippen LogP contribution in [0.1, 0.15) is 40.2 Å². The van der Waals surface area contributed by atoms with E-state index in [0.717, 1.165) is 10.4 Å². The Kier molecular flexibility index (Phi) is 6.10. The minimum atomic E-state index is -0.132. The van der Waals surface area contributed by atoms with Gasteiger partial charge in [0.2, 0.25) is 11.8 Å². The van der Waals surface area contributed by atoms with Crippen molar-refractivity contribution in [1.29, 1.82) is 0 Å². The Morgan fingerprint density at radius 3 is 2.84 bits per heavy atom. The van der Waals surface area contributed by atoms with Crippen LogP contribution in [0.5, 0.6) is 0 Å². The van der Waals surface area contributed by atoms with Crippen LogP contribution in [-0.2, 0) is 27.3 Å². The summed E-state index contributed by atoms with van der Waals surface area (Å²) in [5.41, 5.74) is 1.58. The van der Waals surface area contributed by atoms with E-state index < -0.39 is 0 Å². The number of fused-ring (bicyclic) bond motifs is 3. The molecule has 1 atom stereocenters. The van der Waals surface area contributed by atoms with Gasteiger partial charge in [-0.1, -0.05) is 0 Å². The van der Waals surface area contributed by atoms with Crippen LogP contribution in [0, 0.1) is 0 Å². The Balaban J connectivity index is 1.58. The van der Waals surface area contributed by atoms with Crippen LogP contribution in [0.3, 0.4) is 0 Å². The van der Waals surface area contributed by atoms with Gasteiger partial charge in [-0.15, -0.1) is 11.3 Å². The SMILES string of the molecule is COCCN1C(=O)CN(C)C(=O)c2c1sc1c2CCN(C(=O)CC(C)n2cccn2)C1. The van der Waals surface area contributed by atoms with E-state index in [1.807, 2.05) is 24.1 Å². The van der Waals surface area contributed by atoms with E-state index >= 15 is 0 Å². The van der Waals surface area contributed by atoms with Gasteiger partial charge in [-0.25, -0.2) is 0 Å². The minimum Gasteiger partial charge on any atom is -0.383 e. The third kappa shape index (κ3) is 4.09. The van der Waals surface area contributed by atoms with Gasteiger partial charge in [-0.2, -0.15) is 5.10 Å². The number of anilines is 1. The van der Waals surface area contributed by atoms with Gasteiger partial charge in [0, 0.05) is 44.4 Å². The monoisotopic (exact) mass is 445 g/mol. The molecule has 0 spiro atoms. The molecule has 31 heavy (non-hydrogen) atoms. The van der Waals surface area contributed by atoms with Gasteiger partial charge in [0.1, 0.15) is 11.5 Å². The average Bonchev–Trinajstić information content (AvgIpc) is 3.39. The van der Waals surface area contributed by atoms with Crippen molar-refractivity contribution in [2.45, 2.75) is 32.4 Å². The van der Waals surface area contributed by atoms with E-state index in [-0.39, 0.29) is 30.3 Å². The van der Waals surface area contributed by atoms with Crippen LogP contribution in [-0.4, -0.2) is 77.7 Å². The Labute approximate surface area is 185 Å². The van der Waals surface area contributed by atoms with Crippen LogP contribution >= 0.6 is 11.3 Å². The van der Waals surface area contributed by atoms with E-state index in [1.54, 1.807) is 29.9 Å². The van der Waals surface area contributed by atoms with Crippen molar-refractivity contribution in [3.8, 4) is 0 Å². The summed E-state index contributed by atoms with van der Waals surface area (Å²) < 4.78 is 6.96. The molecule has 2 aliphatic rings. The van der Waals surface area contributed by atoms with Crippen LogP contribution in [0.2, 0.25) is 0 Å². The molecule has 166 valence electrons. The summed E-state index contributed by atoms with van der Waals surface area (Å²) in [4.78, 5) is 44.7. The maximum atomic E-state index is 13.1. The van der Waals surface area contributed by atoms with Crippen molar-refractivity contribution in [3.63, 3.8) is 0 Å². The number of amides is 3. The second-order valence-electron chi connectivity index (χ2n) is 7.99. The number of carbonyl (C=O) groups is 3. The smallest absolute Gasteiger partial charge is 0.257 e. The number of rotatable bonds is 6. The topological polar surface area (TPSA) is 88.0 Å². The van der Waals surface area contributed by atoms with Gasteiger partial charge in [-0.05, 0) is 25.0 Å². The first-order chi connectivity index (χ1) is 14.9.